The minimum absolute atomic E-state index is 0.0161. The number of aromatic nitrogens is 1. The van der Waals surface area contributed by atoms with Crippen LogP contribution in [0, 0.1) is 6.92 Å². The maximum atomic E-state index is 13.2. The Balaban J connectivity index is 1.68. The molecule has 5 nitrogen and oxygen atoms in total. The standard InChI is InChI=1S/C27H18N2O3S2/c1-17-10-13-19(14-11-17)34(30,31)29-26-22(27-28-23-8-4-5-9-25(23)33-27)16-21-20-7-3-2-6-18(20)12-15-24(21)32-26/h2-16H,1H3. The smallest absolute Gasteiger partial charge is 0.285 e. The number of benzene rings is 4. The molecular formula is C27H18N2O3S2. The second-order valence-electron chi connectivity index (χ2n) is 8.03. The molecule has 0 unspecified atom stereocenters. The molecule has 0 radical (unpaired) electrons. The Labute approximate surface area is 199 Å². The first-order chi connectivity index (χ1) is 16.5. The van der Waals surface area contributed by atoms with Gasteiger partial charge >= 0.3 is 0 Å². The summed E-state index contributed by atoms with van der Waals surface area (Å²) in [5, 5.41) is 3.60. The van der Waals surface area contributed by atoms with Gasteiger partial charge in [0.25, 0.3) is 10.0 Å². The Morgan fingerprint density at radius 1 is 0.853 bits per heavy atom. The number of fused-ring (bicyclic) bond motifs is 4. The van der Waals surface area contributed by atoms with Crippen LogP contribution in [0.2, 0.25) is 0 Å². The fraction of sp³-hybridized carbons (Fsp3) is 0.0370. The first-order valence-electron chi connectivity index (χ1n) is 10.7. The van der Waals surface area contributed by atoms with Crippen molar-refractivity contribution in [3.8, 4) is 10.6 Å². The molecule has 2 heterocycles. The second-order valence-corrected chi connectivity index (χ2v) is 10.7. The zero-order chi connectivity index (χ0) is 23.3. The number of hydrogen-bond acceptors (Lipinski definition) is 5. The van der Waals surface area contributed by atoms with E-state index in [1.165, 1.54) is 11.3 Å². The van der Waals surface area contributed by atoms with E-state index in [0.29, 0.717) is 16.2 Å². The van der Waals surface area contributed by atoms with Crippen LogP contribution in [-0.2, 0) is 10.0 Å². The molecule has 0 N–H and O–H groups in total. The summed E-state index contributed by atoms with van der Waals surface area (Å²) in [7, 11) is -3.99. The average Bonchev–Trinajstić information content (AvgIpc) is 3.27. The highest BCUT2D eigenvalue weighted by molar-refractivity contribution is 7.90. The van der Waals surface area contributed by atoms with E-state index < -0.39 is 10.0 Å². The van der Waals surface area contributed by atoms with Crippen LogP contribution in [0.3, 0.4) is 0 Å². The van der Waals surface area contributed by atoms with Crippen molar-refractivity contribution in [1.29, 1.82) is 0 Å². The molecule has 34 heavy (non-hydrogen) atoms. The molecule has 6 rings (SSSR count). The molecule has 0 amide bonds. The van der Waals surface area contributed by atoms with Crippen molar-refractivity contribution in [3.63, 3.8) is 0 Å². The molecule has 0 aliphatic carbocycles. The van der Waals surface area contributed by atoms with Gasteiger partial charge in [-0.2, -0.15) is 8.42 Å². The fourth-order valence-electron chi connectivity index (χ4n) is 3.96. The molecule has 0 atom stereocenters. The summed E-state index contributed by atoms with van der Waals surface area (Å²) in [4.78, 5) is 4.86. The summed E-state index contributed by atoms with van der Waals surface area (Å²) >= 11 is 1.48. The summed E-state index contributed by atoms with van der Waals surface area (Å²) in [6, 6.07) is 28.2. The van der Waals surface area contributed by atoms with Crippen molar-refractivity contribution in [1.82, 2.24) is 4.98 Å². The van der Waals surface area contributed by atoms with E-state index in [-0.39, 0.29) is 10.4 Å². The molecule has 0 bridgehead atoms. The summed E-state index contributed by atoms with van der Waals surface area (Å²) in [5.41, 5.74) is 2.92. The van der Waals surface area contributed by atoms with E-state index in [1.807, 2.05) is 73.7 Å². The third-order valence-electron chi connectivity index (χ3n) is 5.70. The van der Waals surface area contributed by atoms with Gasteiger partial charge in [0.1, 0.15) is 10.6 Å². The first-order valence-corrected chi connectivity index (χ1v) is 12.9. The largest absolute Gasteiger partial charge is 0.437 e. The van der Waals surface area contributed by atoms with Crippen LogP contribution in [0.5, 0.6) is 0 Å². The molecule has 0 fully saturated rings. The molecule has 0 aliphatic heterocycles. The van der Waals surface area contributed by atoms with E-state index >= 15 is 0 Å². The van der Waals surface area contributed by atoms with Crippen molar-refractivity contribution in [2.45, 2.75) is 11.8 Å². The molecule has 0 saturated carbocycles. The lowest BCUT2D eigenvalue weighted by molar-refractivity contribution is 0.543. The van der Waals surface area contributed by atoms with Gasteiger partial charge in [-0.1, -0.05) is 60.2 Å². The highest BCUT2D eigenvalue weighted by Gasteiger charge is 2.18. The number of hydrogen-bond donors (Lipinski definition) is 0. The lowest BCUT2D eigenvalue weighted by Crippen LogP contribution is -2.11. The Hall–Kier alpha value is -3.81. The first kappa shape index (κ1) is 20.8. The summed E-state index contributed by atoms with van der Waals surface area (Å²) in [6.45, 7) is 1.90. The molecular weight excluding hydrogens is 464 g/mol. The second kappa shape index (κ2) is 7.90. The normalized spacial score (nSPS) is 12.7. The predicted octanol–water partition coefficient (Wildman–Crippen LogP) is 6.46. The predicted molar refractivity (Wildman–Crippen MR) is 136 cm³/mol. The zero-order valence-corrected chi connectivity index (χ0v) is 19.7. The van der Waals surface area contributed by atoms with Gasteiger partial charge < -0.3 is 4.42 Å². The Bertz CT molecular complexity index is 1850. The molecule has 2 aromatic heterocycles. The molecule has 0 aliphatic rings. The van der Waals surface area contributed by atoms with Crippen molar-refractivity contribution in [2.75, 3.05) is 0 Å². The SMILES string of the molecule is Cc1ccc(S(=O)(=O)N=c2oc3ccc4ccccc4c3cc2-c2nc3ccccc3s2)cc1. The Morgan fingerprint density at radius 2 is 1.62 bits per heavy atom. The minimum Gasteiger partial charge on any atom is -0.437 e. The van der Waals surface area contributed by atoms with Crippen LogP contribution < -0.4 is 5.55 Å². The summed E-state index contributed by atoms with van der Waals surface area (Å²) in [5.74, 6) is 0. The molecule has 4 aromatic carbocycles. The number of aryl methyl sites for hydroxylation is 1. The van der Waals surface area contributed by atoms with Crippen molar-refractivity contribution >= 4 is 53.3 Å². The van der Waals surface area contributed by atoms with Crippen molar-refractivity contribution in [2.24, 2.45) is 4.40 Å². The van der Waals surface area contributed by atoms with E-state index in [4.69, 9.17) is 9.40 Å². The average molecular weight is 483 g/mol. The van der Waals surface area contributed by atoms with Crippen LogP contribution >= 0.6 is 11.3 Å². The number of para-hydroxylation sites is 1. The third kappa shape index (κ3) is 3.59. The van der Waals surface area contributed by atoms with Gasteiger partial charge in [-0.15, -0.1) is 15.7 Å². The molecule has 0 spiro atoms. The molecule has 7 heteroatoms. The van der Waals surface area contributed by atoms with E-state index in [1.54, 1.807) is 24.3 Å². The Kier molecular flexibility index (Phi) is 4.83. The summed E-state index contributed by atoms with van der Waals surface area (Å²) in [6.07, 6.45) is 0. The van der Waals surface area contributed by atoms with Crippen molar-refractivity contribution < 1.29 is 12.8 Å². The van der Waals surface area contributed by atoms with Gasteiger partial charge in [0.2, 0.25) is 5.55 Å². The Morgan fingerprint density at radius 3 is 2.44 bits per heavy atom. The van der Waals surface area contributed by atoms with Crippen molar-refractivity contribution in [3.05, 3.63) is 102 Å². The van der Waals surface area contributed by atoms with Crippen LogP contribution in [0.25, 0.3) is 42.5 Å². The van der Waals surface area contributed by atoms with Crippen LogP contribution in [0.1, 0.15) is 5.56 Å². The van der Waals surface area contributed by atoms with E-state index in [9.17, 15) is 8.42 Å². The number of nitrogens with zero attached hydrogens (tertiary/aromatic N) is 2. The quantitative estimate of drug-likeness (QED) is 0.271. The van der Waals surface area contributed by atoms with Crippen LogP contribution in [-0.4, -0.2) is 13.4 Å². The minimum atomic E-state index is -3.99. The number of sulfonamides is 1. The monoisotopic (exact) mass is 482 g/mol. The maximum Gasteiger partial charge on any atom is 0.285 e. The lowest BCUT2D eigenvalue weighted by Gasteiger charge is -2.06. The van der Waals surface area contributed by atoms with Crippen LogP contribution in [0.4, 0.5) is 0 Å². The fourth-order valence-corrected chi connectivity index (χ4v) is 5.87. The van der Waals surface area contributed by atoms with E-state index in [0.717, 1.165) is 31.9 Å². The highest BCUT2D eigenvalue weighted by atomic mass is 32.2. The molecule has 6 aromatic rings. The third-order valence-corrected chi connectivity index (χ3v) is 8.05. The zero-order valence-electron chi connectivity index (χ0n) is 18.1. The lowest BCUT2D eigenvalue weighted by atomic mass is 10.0. The van der Waals surface area contributed by atoms with Crippen LogP contribution in [0.15, 0.2) is 105 Å². The van der Waals surface area contributed by atoms with Gasteiger partial charge in [-0.05, 0) is 54.1 Å². The van der Waals surface area contributed by atoms with E-state index in [2.05, 4.69) is 4.40 Å². The van der Waals surface area contributed by atoms with Gasteiger partial charge in [-0.3, -0.25) is 0 Å². The highest BCUT2D eigenvalue weighted by Crippen LogP contribution is 2.32. The topological polar surface area (TPSA) is 72.5 Å². The number of rotatable bonds is 3. The van der Waals surface area contributed by atoms with Gasteiger partial charge in [0.05, 0.1) is 20.7 Å². The van der Waals surface area contributed by atoms with Gasteiger partial charge in [-0.25, -0.2) is 4.98 Å². The number of thiazole rings is 1. The maximum absolute atomic E-state index is 13.2. The van der Waals surface area contributed by atoms with Gasteiger partial charge in [0.15, 0.2) is 0 Å². The molecule has 166 valence electrons. The summed E-state index contributed by atoms with van der Waals surface area (Å²) < 4.78 is 37.6. The van der Waals surface area contributed by atoms with Gasteiger partial charge in [0, 0.05) is 5.39 Å². The molecule has 0 saturated heterocycles.